The first kappa shape index (κ1) is 8.52. The molecule has 1 aliphatic carbocycles. The number of nitrogens with zero attached hydrogens (tertiary/aromatic N) is 1. The molecule has 2 fully saturated rings. The van der Waals surface area contributed by atoms with Gasteiger partial charge >= 0.3 is 0 Å². The maximum Gasteiger partial charge on any atom is 0.0469 e. The van der Waals surface area contributed by atoms with E-state index in [2.05, 4.69) is 11.9 Å². The second-order valence-corrected chi connectivity index (χ2v) is 4.23. The Morgan fingerprint density at radius 1 is 1.17 bits per heavy atom. The van der Waals surface area contributed by atoms with Gasteiger partial charge in [-0.1, -0.05) is 0 Å². The molecule has 2 aliphatic rings. The molecule has 70 valence electrons. The highest BCUT2D eigenvalue weighted by molar-refractivity contribution is 4.83. The molecule has 0 spiro atoms. The maximum atomic E-state index is 5.34. The first-order valence-electron chi connectivity index (χ1n) is 5.14. The lowest BCUT2D eigenvalue weighted by Gasteiger charge is -2.26. The summed E-state index contributed by atoms with van der Waals surface area (Å²) >= 11 is 0. The molecule has 1 saturated carbocycles. The second kappa shape index (κ2) is 3.75. The molecule has 2 nitrogen and oxygen atoms in total. The van der Waals surface area contributed by atoms with Gasteiger partial charge in [-0.3, -0.25) is 0 Å². The summed E-state index contributed by atoms with van der Waals surface area (Å²) < 4.78 is 5.34. The van der Waals surface area contributed by atoms with Crippen molar-refractivity contribution >= 4 is 0 Å². The third-order valence-corrected chi connectivity index (χ3v) is 3.06. The SMILES string of the molecule is CN(CC1CCOCC1)C1CC1. The normalized spacial score (nSPS) is 26.5. The Kier molecular flexibility index (Phi) is 2.66. The highest BCUT2D eigenvalue weighted by Gasteiger charge is 2.28. The Balaban J connectivity index is 1.69. The summed E-state index contributed by atoms with van der Waals surface area (Å²) in [6.45, 7) is 3.28. The number of rotatable bonds is 3. The van der Waals surface area contributed by atoms with Crippen molar-refractivity contribution in [3.05, 3.63) is 0 Å². The van der Waals surface area contributed by atoms with E-state index >= 15 is 0 Å². The van der Waals surface area contributed by atoms with Crippen molar-refractivity contribution in [2.45, 2.75) is 31.7 Å². The summed E-state index contributed by atoms with van der Waals surface area (Å²) in [5, 5.41) is 0. The first-order chi connectivity index (χ1) is 5.86. The zero-order valence-electron chi connectivity index (χ0n) is 7.96. The van der Waals surface area contributed by atoms with Crippen LogP contribution in [-0.4, -0.2) is 37.7 Å². The van der Waals surface area contributed by atoms with Gasteiger partial charge in [0.05, 0.1) is 0 Å². The molecule has 0 amide bonds. The highest BCUT2D eigenvalue weighted by atomic mass is 16.5. The van der Waals surface area contributed by atoms with Crippen LogP contribution in [0.1, 0.15) is 25.7 Å². The Hall–Kier alpha value is -0.0800. The van der Waals surface area contributed by atoms with E-state index in [1.165, 1.54) is 32.2 Å². The van der Waals surface area contributed by atoms with Crippen LogP contribution in [0.25, 0.3) is 0 Å². The molecule has 1 saturated heterocycles. The lowest BCUT2D eigenvalue weighted by atomic mass is 10.00. The third kappa shape index (κ3) is 2.20. The maximum absolute atomic E-state index is 5.34. The average Bonchev–Trinajstić information content (AvgIpc) is 2.88. The van der Waals surface area contributed by atoms with E-state index in [4.69, 9.17) is 4.74 Å². The summed E-state index contributed by atoms with van der Waals surface area (Å²) in [5.74, 6) is 0.907. The summed E-state index contributed by atoms with van der Waals surface area (Å²) in [7, 11) is 2.27. The molecule has 12 heavy (non-hydrogen) atoms. The van der Waals surface area contributed by atoms with Gasteiger partial charge in [-0.2, -0.15) is 0 Å². The Bertz CT molecular complexity index is 139. The minimum atomic E-state index is 0.907. The molecular weight excluding hydrogens is 150 g/mol. The molecule has 1 aliphatic heterocycles. The molecule has 0 aromatic rings. The van der Waals surface area contributed by atoms with Crippen LogP contribution in [0.2, 0.25) is 0 Å². The van der Waals surface area contributed by atoms with Crippen LogP contribution >= 0.6 is 0 Å². The molecular formula is C10H19NO. The molecule has 0 bridgehead atoms. The van der Waals surface area contributed by atoms with Crippen LogP contribution < -0.4 is 0 Å². The van der Waals surface area contributed by atoms with Crippen molar-refractivity contribution in [3.8, 4) is 0 Å². The summed E-state index contributed by atoms with van der Waals surface area (Å²) in [4.78, 5) is 2.54. The fourth-order valence-corrected chi connectivity index (χ4v) is 2.00. The zero-order valence-corrected chi connectivity index (χ0v) is 7.96. The summed E-state index contributed by atoms with van der Waals surface area (Å²) in [5.41, 5.74) is 0. The largest absolute Gasteiger partial charge is 0.381 e. The lowest BCUT2D eigenvalue weighted by Crippen LogP contribution is -2.30. The Morgan fingerprint density at radius 2 is 1.83 bits per heavy atom. The molecule has 0 aromatic carbocycles. The average molecular weight is 169 g/mol. The topological polar surface area (TPSA) is 12.5 Å². The van der Waals surface area contributed by atoms with E-state index in [0.29, 0.717) is 0 Å². The van der Waals surface area contributed by atoms with Gasteiger partial charge in [-0.15, -0.1) is 0 Å². The minimum absolute atomic E-state index is 0.907. The molecule has 0 N–H and O–H groups in total. The fourth-order valence-electron chi connectivity index (χ4n) is 2.00. The first-order valence-corrected chi connectivity index (χ1v) is 5.14. The highest BCUT2D eigenvalue weighted by Crippen LogP contribution is 2.27. The van der Waals surface area contributed by atoms with Crippen LogP contribution in [0, 0.1) is 5.92 Å². The lowest BCUT2D eigenvalue weighted by molar-refractivity contribution is 0.0549. The van der Waals surface area contributed by atoms with Crippen molar-refractivity contribution in [3.63, 3.8) is 0 Å². The molecule has 0 atom stereocenters. The van der Waals surface area contributed by atoms with Gasteiger partial charge < -0.3 is 9.64 Å². The van der Waals surface area contributed by atoms with E-state index in [1.54, 1.807) is 0 Å². The van der Waals surface area contributed by atoms with Crippen molar-refractivity contribution in [2.75, 3.05) is 26.8 Å². The second-order valence-electron chi connectivity index (χ2n) is 4.23. The molecule has 1 heterocycles. The van der Waals surface area contributed by atoms with Crippen LogP contribution in [0.4, 0.5) is 0 Å². The Labute approximate surface area is 74.9 Å². The van der Waals surface area contributed by atoms with Gasteiger partial charge in [0.2, 0.25) is 0 Å². The van der Waals surface area contributed by atoms with Crippen molar-refractivity contribution in [1.29, 1.82) is 0 Å². The molecule has 2 heteroatoms. The number of hydrogen-bond donors (Lipinski definition) is 0. The van der Waals surface area contributed by atoms with Gasteiger partial charge in [0, 0.05) is 25.8 Å². The van der Waals surface area contributed by atoms with Crippen LogP contribution in [0.15, 0.2) is 0 Å². The van der Waals surface area contributed by atoms with Gasteiger partial charge in [0.25, 0.3) is 0 Å². The fraction of sp³-hybridized carbons (Fsp3) is 1.00. The zero-order chi connectivity index (χ0) is 8.39. The molecule has 0 aromatic heterocycles. The minimum Gasteiger partial charge on any atom is -0.381 e. The monoisotopic (exact) mass is 169 g/mol. The molecule has 0 radical (unpaired) electrons. The van der Waals surface area contributed by atoms with E-state index in [0.717, 1.165) is 25.2 Å². The van der Waals surface area contributed by atoms with Crippen LogP contribution in [-0.2, 0) is 4.74 Å². The van der Waals surface area contributed by atoms with Gasteiger partial charge in [0.15, 0.2) is 0 Å². The van der Waals surface area contributed by atoms with Crippen LogP contribution in [0.5, 0.6) is 0 Å². The van der Waals surface area contributed by atoms with E-state index in [-0.39, 0.29) is 0 Å². The van der Waals surface area contributed by atoms with E-state index < -0.39 is 0 Å². The number of ether oxygens (including phenoxy) is 1. The summed E-state index contributed by atoms with van der Waals surface area (Å²) in [6, 6.07) is 0.924. The smallest absolute Gasteiger partial charge is 0.0469 e. The predicted octanol–water partition coefficient (Wildman–Crippen LogP) is 1.51. The van der Waals surface area contributed by atoms with Gasteiger partial charge in [-0.25, -0.2) is 0 Å². The van der Waals surface area contributed by atoms with E-state index in [9.17, 15) is 0 Å². The van der Waals surface area contributed by atoms with Crippen molar-refractivity contribution in [2.24, 2.45) is 5.92 Å². The van der Waals surface area contributed by atoms with Gasteiger partial charge in [0.1, 0.15) is 0 Å². The van der Waals surface area contributed by atoms with Crippen molar-refractivity contribution < 1.29 is 4.74 Å². The summed E-state index contributed by atoms with van der Waals surface area (Å²) in [6.07, 6.45) is 5.41. The van der Waals surface area contributed by atoms with E-state index in [1.807, 2.05) is 0 Å². The Morgan fingerprint density at radius 3 is 2.42 bits per heavy atom. The molecule has 0 unspecified atom stereocenters. The molecule has 2 rings (SSSR count). The van der Waals surface area contributed by atoms with Gasteiger partial charge in [-0.05, 0) is 38.6 Å². The quantitative estimate of drug-likeness (QED) is 0.635. The van der Waals surface area contributed by atoms with Crippen molar-refractivity contribution in [1.82, 2.24) is 4.90 Å². The third-order valence-electron chi connectivity index (χ3n) is 3.06. The number of hydrogen-bond acceptors (Lipinski definition) is 2. The standard InChI is InChI=1S/C10H19NO/c1-11(10-2-3-10)8-9-4-6-12-7-5-9/h9-10H,2-8H2,1H3. The predicted molar refractivity (Wildman–Crippen MR) is 49.2 cm³/mol. The van der Waals surface area contributed by atoms with Crippen LogP contribution in [0.3, 0.4) is 0 Å².